The van der Waals surface area contributed by atoms with Gasteiger partial charge in [0.15, 0.2) is 0 Å². The molecule has 0 amide bonds. The number of ether oxygens (including phenoxy) is 1. The van der Waals surface area contributed by atoms with Crippen molar-refractivity contribution >= 4 is 5.97 Å². The molecule has 0 atom stereocenters. The topological polar surface area (TPSA) is 31.2 Å². The highest BCUT2D eigenvalue weighted by molar-refractivity contribution is 5.87. The van der Waals surface area contributed by atoms with E-state index in [1.807, 2.05) is 28.8 Å². The van der Waals surface area contributed by atoms with Gasteiger partial charge in [-0.2, -0.15) is 0 Å². The number of methoxy groups -OCH3 is 1. The van der Waals surface area contributed by atoms with Crippen LogP contribution in [0.2, 0.25) is 0 Å². The van der Waals surface area contributed by atoms with Crippen molar-refractivity contribution in [3.05, 3.63) is 72.1 Å². The third kappa shape index (κ3) is 2.94. The fourth-order valence-corrected chi connectivity index (χ4v) is 2.10. The number of hydrogen-bond donors (Lipinski definition) is 0. The molecule has 0 saturated heterocycles. The standard InChI is InChI=1S/C16H17NO2/c1-3-11-17-14(9-10-15(17)16(18)19-2)12-13-7-5-4-6-8-13/h3-10H,1,11-12H2,2H3. The predicted molar refractivity (Wildman–Crippen MR) is 75.2 cm³/mol. The maximum Gasteiger partial charge on any atom is 0.354 e. The van der Waals surface area contributed by atoms with Crippen molar-refractivity contribution in [2.45, 2.75) is 13.0 Å². The van der Waals surface area contributed by atoms with Gasteiger partial charge >= 0.3 is 5.97 Å². The highest BCUT2D eigenvalue weighted by Crippen LogP contribution is 2.15. The number of esters is 1. The van der Waals surface area contributed by atoms with Gasteiger partial charge in [0.25, 0.3) is 0 Å². The van der Waals surface area contributed by atoms with Crippen molar-refractivity contribution in [1.82, 2.24) is 4.57 Å². The normalized spacial score (nSPS) is 10.2. The van der Waals surface area contributed by atoms with Crippen molar-refractivity contribution in [3.8, 4) is 0 Å². The lowest BCUT2D eigenvalue weighted by molar-refractivity contribution is 0.0589. The van der Waals surface area contributed by atoms with E-state index in [9.17, 15) is 4.79 Å². The molecule has 0 aliphatic carbocycles. The zero-order chi connectivity index (χ0) is 13.7. The third-order valence-electron chi connectivity index (χ3n) is 3.01. The molecular formula is C16H17NO2. The van der Waals surface area contributed by atoms with E-state index in [0.717, 1.165) is 12.1 Å². The first kappa shape index (κ1) is 13.1. The Labute approximate surface area is 113 Å². The maximum absolute atomic E-state index is 11.7. The van der Waals surface area contributed by atoms with Crippen LogP contribution in [0.3, 0.4) is 0 Å². The zero-order valence-electron chi connectivity index (χ0n) is 11.0. The van der Waals surface area contributed by atoms with Gasteiger partial charge in [-0.3, -0.25) is 0 Å². The second-order valence-electron chi connectivity index (χ2n) is 4.26. The highest BCUT2D eigenvalue weighted by atomic mass is 16.5. The van der Waals surface area contributed by atoms with Gasteiger partial charge in [0.2, 0.25) is 0 Å². The lowest BCUT2D eigenvalue weighted by Crippen LogP contribution is -2.12. The summed E-state index contributed by atoms with van der Waals surface area (Å²) in [5, 5.41) is 0. The van der Waals surface area contributed by atoms with Crippen LogP contribution in [0.1, 0.15) is 21.7 Å². The molecule has 19 heavy (non-hydrogen) atoms. The molecule has 1 aromatic carbocycles. The van der Waals surface area contributed by atoms with Crippen molar-refractivity contribution in [2.24, 2.45) is 0 Å². The van der Waals surface area contributed by atoms with Crippen molar-refractivity contribution < 1.29 is 9.53 Å². The van der Waals surface area contributed by atoms with Crippen molar-refractivity contribution in [1.29, 1.82) is 0 Å². The van der Waals surface area contributed by atoms with Gasteiger partial charge in [0, 0.05) is 18.7 Å². The molecule has 0 aliphatic heterocycles. The SMILES string of the molecule is C=CCn1c(Cc2ccccc2)ccc1C(=O)OC. The number of carbonyl (C=O) groups is 1. The Balaban J connectivity index is 2.32. The molecule has 0 radical (unpaired) electrons. The Morgan fingerprint density at radius 2 is 2.00 bits per heavy atom. The molecule has 2 aromatic rings. The van der Waals surface area contributed by atoms with E-state index in [2.05, 4.69) is 18.7 Å². The minimum absolute atomic E-state index is 0.318. The van der Waals surface area contributed by atoms with Crippen LogP contribution >= 0.6 is 0 Å². The van der Waals surface area contributed by atoms with E-state index in [1.54, 1.807) is 12.1 Å². The van der Waals surface area contributed by atoms with Gasteiger partial charge in [0.05, 0.1) is 7.11 Å². The van der Waals surface area contributed by atoms with Gasteiger partial charge in [-0.25, -0.2) is 4.79 Å². The van der Waals surface area contributed by atoms with E-state index >= 15 is 0 Å². The number of nitrogens with zero attached hydrogens (tertiary/aromatic N) is 1. The quantitative estimate of drug-likeness (QED) is 0.607. The number of aromatic nitrogens is 1. The predicted octanol–water partition coefficient (Wildman–Crippen LogP) is 3.05. The van der Waals surface area contributed by atoms with Gasteiger partial charge in [-0.15, -0.1) is 6.58 Å². The summed E-state index contributed by atoms with van der Waals surface area (Å²) >= 11 is 0. The van der Waals surface area contributed by atoms with Crippen molar-refractivity contribution in [3.63, 3.8) is 0 Å². The van der Waals surface area contributed by atoms with E-state index in [4.69, 9.17) is 4.74 Å². The molecule has 0 saturated carbocycles. The monoisotopic (exact) mass is 255 g/mol. The van der Waals surface area contributed by atoms with Crippen LogP contribution in [0.5, 0.6) is 0 Å². The molecule has 3 nitrogen and oxygen atoms in total. The van der Waals surface area contributed by atoms with Crippen LogP contribution in [0.25, 0.3) is 0 Å². The van der Waals surface area contributed by atoms with Gasteiger partial charge in [-0.05, 0) is 17.7 Å². The summed E-state index contributed by atoms with van der Waals surface area (Å²) in [4.78, 5) is 11.7. The van der Waals surface area contributed by atoms with Crippen molar-refractivity contribution in [2.75, 3.05) is 7.11 Å². The Morgan fingerprint density at radius 1 is 1.26 bits per heavy atom. The van der Waals surface area contributed by atoms with Crippen LogP contribution in [0, 0.1) is 0 Å². The summed E-state index contributed by atoms with van der Waals surface area (Å²) in [6.45, 7) is 4.33. The summed E-state index contributed by atoms with van der Waals surface area (Å²) in [5.74, 6) is -0.318. The molecule has 3 heteroatoms. The van der Waals surface area contributed by atoms with Crippen LogP contribution in [-0.2, 0) is 17.7 Å². The molecule has 0 N–H and O–H groups in total. The molecule has 0 unspecified atom stereocenters. The summed E-state index contributed by atoms with van der Waals surface area (Å²) in [7, 11) is 1.39. The number of carbonyl (C=O) groups excluding carboxylic acids is 1. The number of allylic oxidation sites excluding steroid dienone is 1. The zero-order valence-corrected chi connectivity index (χ0v) is 11.0. The summed E-state index contributed by atoms with van der Waals surface area (Å²) < 4.78 is 6.73. The average Bonchev–Trinajstić information content (AvgIpc) is 2.83. The summed E-state index contributed by atoms with van der Waals surface area (Å²) in [6, 6.07) is 13.9. The van der Waals surface area contributed by atoms with E-state index in [0.29, 0.717) is 12.2 Å². The number of benzene rings is 1. The Hall–Kier alpha value is -2.29. The number of hydrogen-bond acceptors (Lipinski definition) is 2. The Morgan fingerprint density at radius 3 is 2.63 bits per heavy atom. The highest BCUT2D eigenvalue weighted by Gasteiger charge is 2.14. The Bertz CT molecular complexity index is 570. The summed E-state index contributed by atoms with van der Waals surface area (Å²) in [6.07, 6.45) is 2.56. The second-order valence-corrected chi connectivity index (χ2v) is 4.26. The average molecular weight is 255 g/mol. The van der Waals surface area contributed by atoms with E-state index in [1.165, 1.54) is 12.7 Å². The lowest BCUT2D eigenvalue weighted by Gasteiger charge is -2.10. The lowest BCUT2D eigenvalue weighted by atomic mass is 10.1. The maximum atomic E-state index is 11.7. The molecule has 2 rings (SSSR count). The van der Waals surface area contributed by atoms with Crippen LogP contribution in [-0.4, -0.2) is 17.6 Å². The first-order chi connectivity index (χ1) is 9.26. The molecule has 0 fully saturated rings. The first-order valence-electron chi connectivity index (χ1n) is 6.17. The molecule has 1 aromatic heterocycles. The first-order valence-corrected chi connectivity index (χ1v) is 6.17. The fourth-order valence-electron chi connectivity index (χ4n) is 2.10. The smallest absolute Gasteiger partial charge is 0.354 e. The molecular weight excluding hydrogens is 238 g/mol. The van der Waals surface area contributed by atoms with Gasteiger partial charge < -0.3 is 9.30 Å². The minimum Gasteiger partial charge on any atom is -0.464 e. The number of rotatable bonds is 5. The summed E-state index contributed by atoms with van der Waals surface area (Å²) in [5.41, 5.74) is 2.85. The third-order valence-corrected chi connectivity index (χ3v) is 3.01. The molecule has 0 bridgehead atoms. The fraction of sp³-hybridized carbons (Fsp3) is 0.188. The largest absolute Gasteiger partial charge is 0.464 e. The van der Waals surface area contributed by atoms with Gasteiger partial charge in [-0.1, -0.05) is 36.4 Å². The van der Waals surface area contributed by atoms with E-state index in [-0.39, 0.29) is 5.97 Å². The van der Waals surface area contributed by atoms with Crippen LogP contribution < -0.4 is 0 Å². The van der Waals surface area contributed by atoms with E-state index < -0.39 is 0 Å². The Kier molecular flexibility index (Phi) is 4.18. The molecule has 0 spiro atoms. The van der Waals surface area contributed by atoms with Gasteiger partial charge in [0.1, 0.15) is 5.69 Å². The molecule has 1 heterocycles. The molecule has 98 valence electrons. The van der Waals surface area contributed by atoms with Crippen LogP contribution in [0.4, 0.5) is 0 Å². The second kappa shape index (κ2) is 6.05. The molecule has 0 aliphatic rings. The minimum atomic E-state index is -0.318. The van der Waals surface area contributed by atoms with Crippen LogP contribution in [0.15, 0.2) is 55.1 Å².